The molecule has 0 saturated heterocycles. The summed E-state index contributed by atoms with van der Waals surface area (Å²) in [6.07, 6.45) is 2.27. The van der Waals surface area contributed by atoms with E-state index < -0.39 is 0 Å². The zero-order chi connectivity index (χ0) is 5.82. The van der Waals surface area contributed by atoms with Gasteiger partial charge in [-0.25, -0.2) is 0 Å². The molecule has 1 heterocycles. The maximum Gasteiger partial charge on any atom is 0.0948 e. The van der Waals surface area contributed by atoms with Gasteiger partial charge >= 0.3 is 0 Å². The average molecular weight is 110 g/mol. The van der Waals surface area contributed by atoms with E-state index in [1.54, 1.807) is 0 Å². The Morgan fingerprint density at radius 1 is 2.00 bits per heavy atom. The van der Waals surface area contributed by atoms with Crippen LogP contribution in [-0.4, -0.2) is 6.61 Å². The highest BCUT2D eigenvalue weighted by Gasteiger charge is 2.00. The molecule has 0 saturated carbocycles. The van der Waals surface area contributed by atoms with Crippen LogP contribution in [0.3, 0.4) is 0 Å². The van der Waals surface area contributed by atoms with E-state index in [0.717, 1.165) is 5.70 Å². The number of nitrogens with one attached hydrogen (secondary N) is 1. The van der Waals surface area contributed by atoms with E-state index in [9.17, 15) is 0 Å². The normalized spacial score (nSPS) is 16.6. The van der Waals surface area contributed by atoms with Crippen molar-refractivity contribution < 1.29 is 4.84 Å². The SMILES string of the molecule is N#CCC1=CCON1. The van der Waals surface area contributed by atoms with Crippen LogP contribution in [0.4, 0.5) is 0 Å². The van der Waals surface area contributed by atoms with Crippen molar-refractivity contribution in [1.82, 2.24) is 5.48 Å². The molecule has 0 unspecified atom stereocenters. The molecular formula is C5H6N2O. The first-order chi connectivity index (χ1) is 3.93. The molecule has 1 rings (SSSR count). The van der Waals surface area contributed by atoms with Crippen LogP contribution in [0.15, 0.2) is 11.8 Å². The minimum Gasteiger partial charge on any atom is -0.272 e. The molecule has 0 aromatic heterocycles. The van der Waals surface area contributed by atoms with E-state index in [-0.39, 0.29) is 0 Å². The third-order valence-corrected chi connectivity index (χ3v) is 0.886. The molecule has 0 aliphatic carbocycles. The number of nitriles is 1. The van der Waals surface area contributed by atoms with Crippen molar-refractivity contribution in [3.8, 4) is 6.07 Å². The van der Waals surface area contributed by atoms with E-state index in [2.05, 4.69) is 5.48 Å². The van der Waals surface area contributed by atoms with E-state index >= 15 is 0 Å². The van der Waals surface area contributed by atoms with Gasteiger partial charge in [0.05, 0.1) is 24.8 Å². The number of hydrogen-bond donors (Lipinski definition) is 1. The first-order valence-corrected chi connectivity index (χ1v) is 2.37. The third-order valence-electron chi connectivity index (χ3n) is 0.886. The molecule has 0 bridgehead atoms. The van der Waals surface area contributed by atoms with Crippen molar-refractivity contribution >= 4 is 0 Å². The number of rotatable bonds is 1. The Labute approximate surface area is 47.5 Å². The van der Waals surface area contributed by atoms with Gasteiger partial charge in [0.1, 0.15) is 0 Å². The van der Waals surface area contributed by atoms with Crippen molar-refractivity contribution in [2.75, 3.05) is 6.61 Å². The first-order valence-electron chi connectivity index (χ1n) is 2.37. The summed E-state index contributed by atoms with van der Waals surface area (Å²) in [4.78, 5) is 4.72. The highest BCUT2D eigenvalue weighted by molar-refractivity contribution is 5.06. The summed E-state index contributed by atoms with van der Waals surface area (Å²) in [7, 11) is 0. The van der Waals surface area contributed by atoms with Crippen LogP contribution in [0.2, 0.25) is 0 Å². The second kappa shape index (κ2) is 2.34. The van der Waals surface area contributed by atoms with Crippen LogP contribution in [0.25, 0.3) is 0 Å². The lowest BCUT2D eigenvalue weighted by Crippen LogP contribution is -2.04. The van der Waals surface area contributed by atoms with Gasteiger partial charge in [0.25, 0.3) is 0 Å². The van der Waals surface area contributed by atoms with Crippen LogP contribution in [0, 0.1) is 11.3 Å². The van der Waals surface area contributed by atoms with Gasteiger partial charge in [-0.1, -0.05) is 0 Å². The molecule has 0 atom stereocenters. The fraction of sp³-hybridized carbons (Fsp3) is 0.400. The Balaban J connectivity index is 2.36. The van der Waals surface area contributed by atoms with Gasteiger partial charge in [0.15, 0.2) is 0 Å². The molecule has 42 valence electrons. The molecule has 3 nitrogen and oxygen atoms in total. The number of allylic oxidation sites excluding steroid dienone is 1. The summed E-state index contributed by atoms with van der Waals surface area (Å²) >= 11 is 0. The molecule has 0 fully saturated rings. The van der Waals surface area contributed by atoms with E-state index in [1.807, 2.05) is 12.1 Å². The highest BCUT2D eigenvalue weighted by atomic mass is 16.6. The van der Waals surface area contributed by atoms with Gasteiger partial charge in [-0.05, 0) is 6.08 Å². The molecule has 0 radical (unpaired) electrons. The summed E-state index contributed by atoms with van der Waals surface area (Å²) < 4.78 is 0. The molecule has 0 aromatic carbocycles. The van der Waals surface area contributed by atoms with E-state index in [0.29, 0.717) is 13.0 Å². The fourth-order valence-corrected chi connectivity index (χ4v) is 0.512. The number of hydroxylamine groups is 1. The minimum atomic E-state index is 0.417. The Morgan fingerprint density at radius 3 is 3.38 bits per heavy atom. The largest absolute Gasteiger partial charge is 0.272 e. The van der Waals surface area contributed by atoms with Crippen molar-refractivity contribution in [3.63, 3.8) is 0 Å². The molecular weight excluding hydrogens is 104 g/mol. The van der Waals surface area contributed by atoms with E-state index in [1.165, 1.54) is 0 Å². The standard InChI is InChI=1S/C5H6N2O/c6-3-1-5-2-4-8-7-5/h2,7H,1,4H2. The molecule has 8 heavy (non-hydrogen) atoms. The van der Waals surface area contributed by atoms with Crippen LogP contribution in [-0.2, 0) is 4.84 Å². The van der Waals surface area contributed by atoms with Crippen molar-refractivity contribution in [2.24, 2.45) is 0 Å². The van der Waals surface area contributed by atoms with Gasteiger partial charge in [-0.15, -0.1) is 0 Å². The fourth-order valence-electron chi connectivity index (χ4n) is 0.512. The summed E-state index contributed by atoms with van der Waals surface area (Å²) in [5, 5.41) is 8.14. The van der Waals surface area contributed by atoms with Crippen LogP contribution < -0.4 is 5.48 Å². The molecule has 3 heteroatoms. The second-order valence-electron chi connectivity index (χ2n) is 1.48. The monoisotopic (exact) mass is 110 g/mol. The molecule has 1 aliphatic rings. The molecule has 0 amide bonds. The minimum absolute atomic E-state index is 0.417. The maximum atomic E-state index is 8.14. The van der Waals surface area contributed by atoms with Gasteiger partial charge in [-0.3, -0.25) is 10.3 Å². The Bertz CT molecular complexity index is 145. The van der Waals surface area contributed by atoms with Gasteiger partial charge in [0, 0.05) is 0 Å². The smallest absolute Gasteiger partial charge is 0.0948 e. The lowest BCUT2D eigenvalue weighted by molar-refractivity contribution is 0.108. The summed E-state index contributed by atoms with van der Waals surface area (Å²) in [5.74, 6) is 0. The lowest BCUT2D eigenvalue weighted by atomic mass is 10.3. The third kappa shape index (κ3) is 0.983. The predicted octanol–water partition coefficient (Wildman–Crippen LogP) is 0.319. The van der Waals surface area contributed by atoms with Crippen LogP contribution in [0.1, 0.15) is 6.42 Å². The number of hydrogen-bond acceptors (Lipinski definition) is 3. The maximum absolute atomic E-state index is 8.14. The molecule has 0 aromatic rings. The topological polar surface area (TPSA) is 45.0 Å². The summed E-state index contributed by atoms with van der Waals surface area (Å²) in [6.45, 7) is 0.580. The van der Waals surface area contributed by atoms with Gasteiger partial charge < -0.3 is 0 Å². The lowest BCUT2D eigenvalue weighted by Gasteiger charge is -1.93. The van der Waals surface area contributed by atoms with Gasteiger partial charge in [0.2, 0.25) is 0 Å². The average Bonchev–Trinajstić information content (AvgIpc) is 2.19. The van der Waals surface area contributed by atoms with Crippen LogP contribution in [0.5, 0.6) is 0 Å². The van der Waals surface area contributed by atoms with Crippen LogP contribution >= 0.6 is 0 Å². The zero-order valence-corrected chi connectivity index (χ0v) is 4.35. The van der Waals surface area contributed by atoms with Gasteiger partial charge in [-0.2, -0.15) is 5.26 Å². The Morgan fingerprint density at radius 2 is 2.88 bits per heavy atom. The molecule has 1 N–H and O–H groups in total. The van der Waals surface area contributed by atoms with Crippen molar-refractivity contribution in [2.45, 2.75) is 6.42 Å². The number of nitrogens with zero attached hydrogens (tertiary/aromatic N) is 1. The second-order valence-corrected chi connectivity index (χ2v) is 1.48. The Kier molecular flexibility index (Phi) is 1.50. The molecule has 0 spiro atoms. The highest BCUT2D eigenvalue weighted by Crippen LogP contribution is 2.00. The van der Waals surface area contributed by atoms with E-state index in [4.69, 9.17) is 10.1 Å². The summed E-state index contributed by atoms with van der Waals surface area (Å²) in [6, 6.07) is 2.00. The Hall–Kier alpha value is -1.01. The zero-order valence-electron chi connectivity index (χ0n) is 4.35. The first kappa shape index (κ1) is 5.13. The van der Waals surface area contributed by atoms with Crippen molar-refractivity contribution in [1.29, 1.82) is 5.26 Å². The molecule has 1 aliphatic heterocycles. The van der Waals surface area contributed by atoms with Crippen molar-refractivity contribution in [3.05, 3.63) is 11.8 Å². The summed E-state index contributed by atoms with van der Waals surface area (Å²) in [5.41, 5.74) is 3.46. The quantitative estimate of drug-likeness (QED) is 0.528. The predicted molar refractivity (Wildman–Crippen MR) is 27.4 cm³/mol.